The van der Waals surface area contributed by atoms with E-state index in [4.69, 9.17) is 4.74 Å². The van der Waals surface area contributed by atoms with Gasteiger partial charge in [-0.15, -0.1) is 0 Å². The van der Waals surface area contributed by atoms with E-state index in [9.17, 15) is 14.7 Å². The largest absolute Gasteiger partial charge is 0.480 e. The highest BCUT2D eigenvalue weighted by molar-refractivity contribution is 5.89. The molecular weight excluding hydrogens is 294 g/mol. The molecule has 0 saturated heterocycles. The Balaban J connectivity index is 2.17. The fraction of sp³-hybridized carbons (Fsp3) is 0.556. The van der Waals surface area contributed by atoms with E-state index in [0.717, 1.165) is 18.4 Å². The van der Waals surface area contributed by atoms with Crippen molar-refractivity contribution in [2.75, 3.05) is 6.61 Å². The number of aliphatic carboxylic acids is 1. The van der Waals surface area contributed by atoms with Gasteiger partial charge in [-0.2, -0.15) is 0 Å². The molecule has 0 radical (unpaired) electrons. The number of ether oxygens (including phenoxy) is 1. The van der Waals surface area contributed by atoms with Crippen molar-refractivity contribution in [3.8, 4) is 0 Å². The van der Waals surface area contributed by atoms with Crippen LogP contribution in [-0.4, -0.2) is 29.1 Å². The van der Waals surface area contributed by atoms with E-state index in [-0.39, 0.29) is 5.91 Å². The van der Waals surface area contributed by atoms with Crippen molar-refractivity contribution >= 4 is 11.9 Å². The number of hydrogen-bond acceptors (Lipinski definition) is 3. The van der Waals surface area contributed by atoms with Crippen molar-refractivity contribution in [3.05, 3.63) is 35.9 Å². The molecule has 0 heterocycles. The zero-order chi connectivity index (χ0) is 16.9. The lowest BCUT2D eigenvalue weighted by atomic mass is 9.77. The molecule has 126 valence electrons. The molecule has 1 saturated carbocycles. The van der Waals surface area contributed by atoms with Gasteiger partial charge in [0.05, 0.1) is 0 Å². The first-order valence-electron chi connectivity index (χ1n) is 8.20. The van der Waals surface area contributed by atoms with Crippen LogP contribution in [0.25, 0.3) is 0 Å². The highest BCUT2D eigenvalue weighted by Crippen LogP contribution is 2.33. The summed E-state index contributed by atoms with van der Waals surface area (Å²) >= 11 is 0. The van der Waals surface area contributed by atoms with Crippen molar-refractivity contribution in [1.29, 1.82) is 0 Å². The predicted octanol–water partition coefficient (Wildman–Crippen LogP) is 2.91. The molecule has 5 nitrogen and oxygen atoms in total. The molecule has 1 fully saturated rings. The molecule has 1 aliphatic rings. The van der Waals surface area contributed by atoms with Crippen LogP contribution < -0.4 is 5.32 Å². The van der Waals surface area contributed by atoms with Gasteiger partial charge in [0.2, 0.25) is 0 Å². The minimum Gasteiger partial charge on any atom is -0.480 e. The van der Waals surface area contributed by atoms with Crippen molar-refractivity contribution in [2.45, 2.75) is 51.2 Å². The van der Waals surface area contributed by atoms with Gasteiger partial charge in [0.25, 0.3) is 5.91 Å². The molecule has 1 unspecified atom stereocenters. The summed E-state index contributed by atoms with van der Waals surface area (Å²) in [5.41, 5.74) is -0.440. The van der Waals surface area contributed by atoms with E-state index in [0.29, 0.717) is 25.4 Å². The van der Waals surface area contributed by atoms with Crippen LogP contribution in [0.2, 0.25) is 0 Å². The van der Waals surface area contributed by atoms with Gasteiger partial charge in [-0.3, -0.25) is 4.79 Å². The molecule has 0 aliphatic heterocycles. The number of rotatable bonds is 6. The Morgan fingerprint density at radius 1 is 1.30 bits per heavy atom. The third-order valence-electron chi connectivity index (χ3n) is 4.57. The minimum absolute atomic E-state index is 0.379. The Morgan fingerprint density at radius 2 is 1.91 bits per heavy atom. The zero-order valence-corrected chi connectivity index (χ0v) is 13.7. The van der Waals surface area contributed by atoms with Crippen LogP contribution in [0.5, 0.6) is 0 Å². The van der Waals surface area contributed by atoms with Crippen LogP contribution >= 0.6 is 0 Å². The summed E-state index contributed by atoms with van der Waals surface area (Å²) in [5, 5.41) is 12.4. The van der Waals surface area contributed by atoms with Crippen molar-refractivity contribution in [1.82, 2.24) is 5.32 Å². The summed E-state index contributed by atoms with van der Waals surface area (Å²) < 4.78 is 5.57. The second-order valence-corrected chi connectivity index (χ2v) is 6.31. The smallest absolute Gasteiger partial charge is 0.329 e. The molecule has 1 amide bonds. The molecule has 1 aromatic rings. The third-order valence-corrected chi connectivity index (χ3v) is 4.57. The summed E-state index contributed by atoms with van der Waals surface area (Å²) in [6.45, 7) is 4.31. The lowest BCUT2D eigenvalue weighted by Gasteiger charge is -2.37. The molecule has 0 aromatic heterocycles. The van der Waals surface area contributed by atoms with E-state index < -0.39 is 17.6 Å². The number of carboxylic acids is 1. The molecular formula is C18H25NO4. The third kappa shape index (κ3) is 4.10. The number of amides is 1. The number of carboxylic acid groups (broad SMARTS) is 1. The maximum atomic E-state index is 12.7. The number of carbonyl (C=O) groups excluding carboxylic acids is 1. The summed E-state index contributed by atoms with van der Waals surface area (Å²) in [6, 6.07) is 9.17. The lowest BCUT2D eigenvalue weighted by molar-refractivity contribution is -0.152. The van der Waals surface area contributed by atoms with Crippen LogP contribution in [0.1, 0.15) is 51.2 Å². The molecule has 2 N–H and O–H groups in total. The van der Waals surface area contributed by atoms with Crippen molar-refractivity contribution in [3.63, 3.8) is 0 Å². The van der Waals surface area contributed by atoms with Crippen molar-refractivity contribution < 1.29 is 19.4 Å². The standard InChI is InChI=1S/C18H25NO4/c1-3-23-15(14-7-5-4-6-8-14)16(20)19-18(17(21)22)11-9-13(2)10-12-18/h4-8,13,15H,3,9-12H2,1-2H3,(H,19,20)(H,21,22). The highest BCUT2D eigenvalue weighted by atomic mass is 16.5. The lowest BCUT2D eigenvalue weighted by Crippen LogP contribution is -2.57. The minimum atomic E-state index is -1.17. The van der Waals surface area contributed by atoms with Gasteiger partial charge in [0, 0.05) is 6.61 Å². The van der Waals surface area contributed by atoms with Gasteiger partial charge < -0.3 is 15.2 Å². The van der Waals surface area contributed by atoms with Gasteiger partial charge in [-0.25, -0.2) is 4.79 Å². The summed E-state index contributed by atoms with van der Waals surface area (Å²) in [6.07, 6.45) is 1.75. The Labute approximate surface area is 137 Å². The molecule has 0 spiro atoms. The Kier molecular flexibility index (Phi) is 5.77. The van der Waals surface area contributed by atoms with Gasteiger partial charge in [0.15, 0.2) is 6.10 Å². The number of benzene rings is 1. The fourth-order valence-corrected chi connectivity index (χ4v) is 3.07. The Bertz CT molecular complexity index is 535. The number of carbonyl (C=O) groups is 2. The topological polar surface area (TPSA) is 75.6 Å². The van der Waals surface area contributed by atoms with Crippen LogP contribution in [0.4, 0.5) is 0 Å². The van der Waals surface area contributed by atoms with Crippen LogP contribution in [0, 0.1) is 5.92 Å². The van der Waals surface area contributed by atoms with E-state index in [2.05, 4.69) is 12.2 Å². The second kappa shape index (κ2) is 7.59. The van der Waals surface area contributed by atoms with Crippen LogP contribution in [-0.2, 0) is 14.3 Å². The maximum Gasteiger partial charge on any atom is 0.329 e. The average molecular weight is 319 g/mol. The first-order valence-corrected chi connectivity index (χ1v) is 8.20. The van der Waals surface area contributed by atoms with Gasteiger partial charge in [-0.1, -0.05) is 37.3 Å². The molecule has 0 bridgehead atoms. The Morgan fingerprint density at radius 3 is 2.43 bits per heavy atom. The Hall–Kier alpha value is -1.88. The first kappa shape index (κ1) is 17.5. The SMILES string of the molecule is CCOC(C(=O)NC1(C(=O)O)CCC(C)CC1)c1ccccc1. The van der Waals surface area contributed by atoms with Crippen LogP contribution in [0.15, 0.2) is 30.3 Å². The summed E-state index contributed by atoms with van der Waals surface area (Å²) in [5.74, 6) is -0.841. The average Bonchev–Trinajstić information content (AvgIpc) is 2.55. The van der Waals surface area contributed by atoms with Crippen molar-refractivity contribution in [2.24, 2.45) is 5.92 Å². The normalized spacial score (nSPS) is 25.6. The summed E-state index contributed by atoms with van der Waals surface area (Å²) in [7, 11) is 0. The molecule has 2 rings (SSSR count). The monoisotopic (exact) mass is 319 g/mol. The molecule has 1 atom stereocenters. The van der Waals surface area contributed by atoms with Gasteiger partial charge in [-0.05, 0) is 44.1 Å². The molecule has 23 heavy (non-hydrogen) atoms. The van der Waals surface area contributed by atoms with E-state index in [1.54, 1.807) is 0 Å². The predicted molar refractivity (Wildman–Crippen MR) is 87.0 cm³/mol. The molecule has 5 heteroatoms. The van der Waals surface area contributed by atoms with E-state index in [1.165, 1.54) is 0 Å². The quantitative estimate of drug-likeness (QED) is 0.845. The van der Waals surface area contributed by atoms with E-state index >= 15 is 0 Å². The molecule has 1 aliphatic carbocycles. The first-order chi connectivity index (χ1) is 11.0. The second-order valence-electron chi connectivity index (χ2n) is 6.31. The highest BCUT2D eigenvalue weighted by Gasteiger charge is 2.43. The molecule has 1 aromatic carbocycles. The summed E-state index contributed by atoms with van der Waals surface area (Å²) in [4.78, 5) is 24.5. The fourth-order valence-electron chi connectivity index (χ4n) is 3.07. The zero-order valence-electron chi connectivity index (χ0n) is 13.7. The van der Waals surface area contributed by atoms with Gasteiger partial charge >= 0.3 is 5.97 Å². The maximum absolute atomic E-state index is 12.7. The number of nitrogens with one attached hydrogen (secondary N) is 1. The van der Waals surface area contributed by atoms with Crippen LogP contribution in [0.3, 0.4) is 0 Å². The van der Waals surface area contributed by atoms with Gasteiger partial charge in [0.1, 0.15) is 5.54 Å². The van der Waals surface area contributed by atoms with E-state index in [1.807, 2.05) is 37.3 Å². The number of hydrogen-bond donors (Lipinski definition) is 2.